The summed E-state index contributed by atoms with van der Waals surface area (Å²) in [7, 11) is 0. The van der Waals surface area contributed by atoms with E-state index in [0.717, 1.165) is 38.8 Å². The molecule has 0 unspecified atom stereocenters. The number of carbonyl (C=O) groups is 2. The lowest BCUT2D eigenvalue weighted by Gasteiger charge is -2.15. The van der Waals surface area contributed by atoms with Crippen LogP contribution in [0.25, 0.3) is 0 Å². The highest BCUT2D eigenvalue weighted by Crippen LogP contribution is 2.18. The lowest BCUT2D eigenvalue weighted by atomic mass is 9.99. The third-order valence-corrected chi connectivity index (χ3v) is 4.94. The van der Waals surface area contributed by atoms with Crippen LogP contribution in [0.1, 0.15) is 56.2 Å². The summed E-state index contributed by atoms with van der Waals surface area (Å²) in [6.07, 6.45) is 11.6. The minimum absolute atomic E-state index is 0.00165. The molecule has 132 valence electrons. The van der Waals surface area contributed by atoms with Crippen LogP contribution < -0.4 is 5.32 Å². The van der Waals surface area contributed by atoms with E-state index in [4.69, 9.17) is 0 Å². The fourth-order valence-corrected chi connectivity index (χ4v) is 3.61. The van der Waals surface area contributed by atoms with Crippen LogP contribution >= 0.6 is 0 Å². The second-order valence-electron chi connectivity index (χ2n) is 6.90. The van der Waals surface area contributed by atoms with Gasteiger partial charge in [-0.25, -0.2) is 0 Å². The van der Waals surface area contributed by atoms with Gasteiger partial charge in [0.05, 0.1) is 5.69 Å². The third-order valence-electron chi connectivity index (χ3n) is 4.94. The number of amides is 2. The van der Waals surface area contributed by atoms with Crippen molar-refractivity contribution in [1.29, 1.82) is 0 Å². The number of aromatic nitrogens is 2. The average Bonchev–Trinajstić information content (AvgIpc) is 3.10. The van der Waals surface area contributed by atoms with Crippen LogP contribution in [-0.2, 0) is 29.0 Å². The highest BCUT2D eigenvalue weighted by molar-refractivity contribution is 5.78. The first-order valence-electron chi connectivity index (χ1n) is 9.32. The van der Waals surface area contributed by atoms with Gasteiger partial charge in [0, 0.05) is 32.3 Å². The Morgan fingerprint density at radius 3 is 2.75 bits per heavy atom. The molecule has 1 aliphatic carbocycles. The molecule has 0 bridgehead atoms. The summed E-state index contributed by atoms with van der Waals surface area (Å²) in [5.41, 5.74) is 2.49. The van der Waals surface area contributed by atoms with Gasteiger partial charge in [0.1, 0.15) is 6.54 Å². The molecule has 1 fully saturated rings. The summed E-state index contributed by atoms with van der Waals surface area (Å²) < 4.78 is 1.79. The highest BCUT2D eigenvalue weighted by Gasteiger charge is 2.19. The molecule has 1 aliphatic heterocycles. The summed E-state index contributed by atoms with van der Waals surface area (Å²) in [4.78, 5) is 25.5. The predicted molar refractivity (Wildman–Crippen MR) is 91.5 cm³/mol. The Labute approximate surface area is 143 Å². The summed E-state index contributed by atoms with van der Waals surface area (Å²) in [6.45, 7) is 2.51. The summed E-state index contributed by atoms with van der Waals surface area (Å²) in [6, 6.07) is 0. The van der Waals surface area contributed by atoms with Gasteiger partial charge >= 0.3 is 0 Å². The second-order valence-corrected chi connectivity index (χ2v) is 6.90. The number of hydrogen-bond acceptors (Lipinski definition) is 3. The minimum atomic E-state index is -0.00165. The maximum atomic E-state index is 12.1. The first-order valence-corrected chi connectivity index (χ1v) is 9.32. The molecule has 3 rings (SSSR count). The van der Waals surface area contributed by atoms with Crippen molar-refractivity contribution in [2.45, 2.75) is 64.3 Å². The molecule has 0 aromatic carbocycles. The highest BCUT2D eigenvalue weighted by atomic mass is 16.2. The first-order chi connectivity index (χ1) is 11.7. The van der Waals surface area contributed by atoms with Crippen molar-refractivity contribution >= 4 is 11.8 Å². The largest absolute Gasteiger partial charge is 0.354 e. The van der Waals surface area contributed by atoms with Crippen molar-refractivity contribution < 1.29 is 9.59 Å². The SMILES string of the molecule is O=C(Cn1cc2c(n1)CCCCCC2)NCCCN1CCCC1=O. The van der Waals surface area contributed by atoms with Crippen LogP contribution in [0.4, 0.5) is 0 Å². The molecule has 2 amide bonds. The Morgan fingerprint density at radius 1 is 1.12 bits per heavy atom. The van der Waals surface area contributed by atoms with Crippen molar-refractivity contribution in [2.24, 2.45) is 0 Å². The maximum Gasteiger partial charge on any atom is 0.241 e. The fraction of sp³-hybridized carbons (Fsp3) is 0.722. The monoisotopic (exact) mass is 332 g/mol. The van der Waals surface area contributed by atoms with E-state index in [9.17, 15) is 9.59 Å². The topological polar surface area (TPSA) is 67.2 Å². The number of fused-ring (bicyclic) bond motifs is 1. The molecule has 1 saturated heterocycles. The molecular formula is C18H28N4O2. The van der Waals surface area contributed by atoms with E-state index in [-0.39, 0.29) is 18.4 Å². The van der Waals surface area contributed by atoms with Crippen LogP contribution in [0.3, 0.4) is 0 Å². The molecule has 2 aliphatic rings. The lowest BCUT2D eigenvalue weighted by Crippen LogP contribution is -2.32. The van der Waals surface area contributed by atoms with Crippen molar-refractivity contribution in [1.82, 2.24) is 20.0 Å². The number of rotatable bonds is 6. The van der Waals surface area contributed by atoms with Gasteiger partial charge in [-0.1, -0.05) is 12.8 Å². The molecule has 24 heavy (non-hydrogen) atoms. The summed E-state index contributed by atoms with van der Waals surface area (Å²) in [5, 5.41) is 7.53. The first kappa shape index (κ1) is 17.0. The zero-order valence-electron chi connectivity index (χ0n) is 14.4. The smallest absolute Gasteiger partial charge is 0.241 e. The van der Waals surface area contributed by atoms with Gasteiger partial charge < -0.3 is 10.2 Å². The normalized spacial score (nSPS) is 18.2. The fourth-order valence-electron chi connectivity index (χ4n) is 3.61. The Bertz CT molecular complexity index is 556. The Balaban J connectivity index is 1.40. The average molecular weight is 332 g/mol. The van der Waals surface area contributed by atoms with Crippen LogP contribution in [0.2, 0.25) is 0 Å². The van der Waals surface area contributed by atoms with Crippen molar-refractivity contribution in [3.8, 4) is 0 Å². The van der Waals surface area contributed by atoms with Crippen molar-refractivity contribution in [2.75, 3.05) is 19.6 Å². The summed E-state index contributed by atoms with van der Waals surface area (Å²) in [5.74, 6) is 0.244. The Kier molecular flexibility index (Phi) is 5.88. The third kappa shape index (κ3) is 4.58. The lowest BCUT2D eigenvalue weighted by molar-refractivity contribution is -0.127. The summed E-state index contributed by atoms with van der Waals surface area (Å²) >= 11 is 0. The number of carbonyl (C=O) groups excluding carboxylic acids is 2. The molecule has 1 N–H and O–H groups in total. The molecule has 1 aromatic rings. The molecule has 0 atom stereocenters. The van der Waals surface area contributed by atoms with E-state index in [1.54, 1.807) is 4.68 Å². The number of likely N-dealkylation sites (tertiary alicyclic amines) is 1. The molecule has 0 spiro atoms. The van der Waals surface area contributed by atoms with Gasteiger partial charge in [-0.2, -0.15) is 5.10 Å². The van der Waals surface area contributed by atoms with Gasteiger partial charge in [0.2, 0.25) is 11.8 Å². The van der Waals surface area contributed by atoms with Crippen molar-refractivity contribution in [3.63, 3.8) is 0 Å². The quantitative estimate of drug-likeness (QED) is 0.806. The standard InChI is InChI=1S/C18H28N4O2/c23-17(19-10-6-12-21-11-5-9-18(21)24)14-22-13-15-7-3-1-2-4-8-16(15)20-22/h13H,1-12,14H2,(H,19,23). The van der Waals surface area contributed by atoms with Crippen LogP contribution in [0, 0.1) is 0 Å². The molecular weight excluding hydrogens is 304 g/mol. The zero-order valence-corrected chi connectivity index (χ0v) is 14.4. The van der Waals surface area contributed by atoms with E-state index in [1.165, 1.54) is 36.9 Å². The Morgan fingerprint density at radius 2 is 1.96 bits per heavy atom. The number of nitrogens with zero attached hydrogens (tertiary/aromatic N) is 3. The molecule has 0 radical (unpaired) electrons. The van der Waals surface area contributed by atoms with E-state index < -0.39 is 0 Å². The maximum absolute atomic E-state index is 12.1. The van der Waals surface area contributed by atoms with Crippen LogP contribution in [0.5, 0.6) is 0 Å². The Hall–Kier alpha value is -1.85. The second kappa shape index (κ2) is 8.31. The predicted octanol–water partition coefficient (Wildman–Crippen LogP) is 1.67. The number of nitrogens with one attached hydrogen (secondary N) is 1. The molecule has 6 nitrogen and oxygen atoms in total. The van der Waals surface area contributed by atoms with E-state index in [0.29, 0.717) is 13.0 Å². The van der Waals surface area contributed by atoms with Gasteiger partial charge in [-0.3, -0.25) is 14.3 Å². The molecule has 2 heterocycles. The molecule has 1 aromatic heterocycles. The molecule has 6 heteroatoms. The van der Waals surface area contributed by atoms with Gasteiger partial charge in [0.25, 0.3) is 0 Å². The molecule has 0 saturated carbocycles. The zero-order chi connectivity index (χ0) is 16.8. The van der Waals surface area contributed by atoms with E-state index in [2.05, 4.69) is 10.4 Å². The number of hydrogen-bond donors (Lipinski definition) is 1. The van der Waals surface area contributed by atoms with Crippen LogP contribution in [0.15, 0.2) is 6.20 Å². The van der Waals surface area contributed by atoms with Gasteiger partial charge in [0.15, 0.2) is 0 Å². The van der Waals surface area contributed by atoms with Gasteiger partial charge in [-0.05, 0) is 44.1 Å². The van der Waals surface area contributed by atoms with Crippen LogP contribution in [-0.4, -0.2) is 46.1 Å². The van der Waals surface area contributed by atoms with E-state index >= 15 is 0 Å². The minimum Gasteiger partial charge on any atom is -0.354 e. The van der Waals surface area contributed by atoms with E-state index in [1.807, 2.05) is 11.1 Å². The number of aryl methyl sites for hydroxylation is 2. The van der Waals surface area contributed by atoms with Crippen molar-refractivity contribution in [3.05, 3.63) is 17.5 Å². The van der Waals surface area contributed by atoms with Gasteiger partial charge in [-0.15, -0.1) is 0 Å².